The third-order valence-corrected chi connectivity index (χ3v) is 4.49. The van der Waals surface area contributed by atoms with Crippen molar-refractivity contribution in [3.05, 3.63) is 30.0 Å². The van der Waals surface area contributed by atoms with Crippen LogP contribution in [0, 0.1) is 0 Å². The normalized spacial score (nSPS) is 18.8. The van der Waals surface area contributed by atoms with Crippen LogP contribution >= 0.6 is 11.5 Å². The predicted octanol–water partition coefficient (Wildman–Crippen LogP) is 4.21. The van der Waals surface area contributed by atoms with Crippen LogP contribution < -0.4 is 0 Å². The predicted molar refractivity (Wildman–Crippen MR) is 84.0 cm³/mol. The van der Waals surface area contributed by atoms with Crippen LogP contribution in [0.5, 0.6) is 0 Å². The van der Waals surface area contributed by atoms with Gasteiger partial charge in [-0.3, -0.25) is 4.84 Å². The number of hydroxylamine groups is 2. The summed E-state index contributed by atoms with van der Waals surface area (Å²) >= 11 is 1.62. The molecule has 1 saturated heterocycles. The SMILES string of the molecule is CC(C)(C)ON1CCC(c2nsc3ccccc23)CC1. The molecule has 1 fully saturated rings. The minimum atomic E-state index is -0.0971. The Bertz CT molecular complexity index is 579. The molecule has 20 heavy (non-hydrogen) atoms. The van der Waals surface area contributed by atoms with Crippen molar-refractivity contribution in [1.29, 1.82) is 0 Å². The lowest BCUT2D eigenvalue weighted by Crippen LogP contribution is -2.39. The number of fused-ring (bicyclic) bond motifs is 1. The molecule has 1 aliphatic heterocycles. The molecule has 4 heteroatoms. The summed E-state index contributed by atoms with van der Waals surface area (Å²) in [6.45, 7) is 8.30. The molecule has 108 valence electrons. The molecule has 3 rings (SSSR count). The number of hydrogen-bond acceptors (Lipinski definition) is 4. The van der Waals surface area contributed by atoms with Crippen molar-refractivity contribution < 1.29 is 4.84 Å². The highest BCUT2D eigenvalue weighted by atomic mass is 32.1. The van der Waals surface area contributed by atoms with Crippen LogP contribution in [0.25, 0.3) is 10.1 Å². The van der Waals surface area contributed by atoms with E-state index in [1.54, 1.807) is 11.5 Å². The summed E-state index contributed by atoms with van der Waals surface area (Å²) in [5.74, 6) is 0.575. The third-order valence-electron chi connectivity index (χ3n) is 3.65. The summed E-state index contributed by atoms with van der Waals surface area (Å²) in [5, 5.41) is 3.46. The van der Waals surface area contributed by atoms with Crippen molar-refractivity contribution in [2.75, 3.05) is 13.1 Å². The smallest absolute Gasteiger partial charge is 0.0815 e. The van der Waals surface area contributed by atoms with E-state index in [9.17, 15) is 0 Å². The molecule has 1 aliphatic rings. The van der Waals surface area contributed by atoms with E-state index < -0.39 is 0 Å². The van der Waals surface area contributed by atoms with E-state index in [2.05, 4.69) is 50.1 Å². The van der Waals surface area contributed by atoms with Gasteiger partial charge in [0, 0.05) is 24.4 Å². The van der Waals surface area contributed by atoms with Crippen molar-refractivity contribution in [1.82, 2.24) is 9.44 Å². The maximum absolute atomic E-state index is 5.95. The van der Waals surface area contributed by atoms with Crippen LogP contribution in [0.4, 0.5) is 0 Å². The zero-order valence-corrected chi connectivity index (χ0v) is 13.2. The Balaban J connectivity index is 1.69. The molecule has 0 aliphatic carbocycles. The van der Waals surface area contributed by atoms with E-state index in [4.69, 9.17) is 9.21 Å². The van der Waals surface area contributed by atoms with Gasteiger partial charge in [-0.05, 0) is 51.2 Å². The summed E-state index contributed by atoms with van der Waals surface area (Å²) in [6.07, 6.45) is 2.26. The molecular formula is C16H22N2OS. The highest BCUT2D eigenvalue weighted by Gasteiger charge is 2.26. The summed E-state index contributed by atoms with van der Waals surface area (Å²) in [7, 11) is 0. The van der Waals surface area contributed by atoms with Gasteiger partial charge in [-0.25, -0.2) is 0 Å². The lowest BCUT2D eigenvalue weighted by Gasteiger charge is -2.35. The van der Waals surface area contributed by atoms with Gasteiger partial charge >= 0.3 is 0 Å². The zero-order chi connectivity index (χ0) is 14.2. The molecule has 1 aromatic heterocycles. The van der Waals surface area contributed by atoms with Gasteiger partial charge in [0.2, 0.25) is 0 Å². The summed E-state index contributed by atoms with van der Waals surface area (Å²) in [6, 6.07) is 8.56. The Morgan fingerprint density at radius 1 is 1.20 bits per heavy atom. The summed E-state index contributed by atoms with van der Waals surface area (Å²) in [4.78, 5) is 5.95. The lowest BCUT2D eigenvalue weighted by molar-refractivity contribution is -0.236. The maximum atomic E-state index is 5.95. The van der Waals surface area contributed by atoms with Crippen molar-refractivity contribution >= 4 is 21.6 Å². The molecule has 0 saturated carbocycles. The van der Waals surface area contributed by atoms with Crippen molar-refractivity contribution in [2.45, 2.75) is 45.1 Å². The number of rotatable bonds is 2. The van der Waals surface area contributed by atoms with Crippen LogP contribution in [0.3, 0.4) is 0 Å². The average molecular weight is 290 g/mol. The molecule has 0 spiro atoms. The van der Waals surface area contributed by atoms with Crippen LogP contribution in [0.2, 0.25) is 0 Å². The minimum Gasteiger partial charge on any atom is -0.293 e. The highest BCUT2D eigenvalue weighted by molar-refractivity contribution is 7.13. The van der Waals surface area contributed by atoms with Gasteiger partial charge in [0.1, 0.15) is 0 Å². The molecule has 0 bridgehead atoms. The Kier molecular flexibility index (Phi) is 3.80. The molecule has 0 amide bonds. The van der Waals surface area contributed by atoms with Crippen LogP contribution in [-0.2, 0) is 4.84 Å². The second-order valence-electron chi connectivity index (χ2n) is 6.47. The first-order valence-corrected chi connectivity index (χ1v) is 8.09. The first kappa shape index (κ1) is 14.0. The van der Waals surface area contributed by atoms with E-state index >= 15 is 0 Å². The van der Waals surface area contributed by atoms with Gasteiger partial charge in [-0.2, -0.15) is 9.44 Å². The zero-order valence-electron chi connectivity index (χ0n) is 12.4. The van der Waals surface area contributed by atoms with Gasteiger partial charge in [-0.1, -0.05) is 18.2 Å². The molecule has 0 unspecified atom stereocenters. The Labute approximate surface area is 124 Å². The monoisotopic (exact) mass is 290 g/mol. The largest absolute Gasteiger partial charge is 0.293 e. The second kappa shape index (κ2) is 5.43. The average Bonchev–Trinajstić information content (AvgIpc) is 2.82. The van der Waals surface area contributed by atoms with Crippen molar-refractivity contribution in [3.63, 3.8) is 0 Å². The molecule has 3 nitrogen and oxygen atoms in total. The number of piperidine rings is 1. The molecule has 2 heterocycles. The minimum absolute atomic E-state index is 0.0971. The van der Waals surface area contributed by atoms with E-state index in [0.717, 1.165) is 25.9 Å². The van der Waals surface area contributed by atoms with Gasteiger partial charge < -0.3 is 0 Å². The topological polar surface area (TPSA) is 25.4 Å². The maximum Gasteiger partial charge on any atom is 0.0815 e. The van der Waals surface area contributed by atoms with E-state index in [0.29, 0.717) is 5.92 Å². The van der Waals surface area contributed by atoms with Gasteiger partial charge in [0.25, 0.3) is 0 Å². The van der Waals surface area contributed by atoms with Crippen LogP contribution in [-0.4, -0.2) is 28.1 Å². The quantitative estimate of drug-likeness (QED) is 0.828. The fourth-order valence-electron chi connectivity index (χ4n) is 2.81. The summed E-state index contributed by atoms with van der Waals surface area (Å²) in [5.41, 5.74) is 1.20. The van der Waals surface area contributed by atoms with E-state index in [1.807, 2.05) is 0 Å². The third kappa shape index (κ3) is 3.03. The Morgan fingerprint density at radius 2 is 1.90 bits per heavy atom. The Morgan fingerprint density at radius 3 is 2.60 bits per heavy atom. The van der Waals surface area contributed by atoms with Crippen LogP contribution in [0.15, 0.2) is 24.3 Å². The van der Waals surface area contributed by atoms with E-state index in [-0.39, 0.29) is 5.60 Å². The van der Waals surface area contributed by atoms with E-state index in [1.165, 1.54) is 15.8 Å². The Hall–Kier alpha value is -0.970. The molecule has 2 aromatic rings. The summed E-state index contributed by atoms with van der Waals surface area (Å²) < 4.78 is 6.00. The fraction of sp³-hybridized carbons (Fsp3) is 0.562. The van der Waals surface area contributed by atoms with Gasteiger partial charge in [0.15, 0.2) is 0 Å². The van der Waals surface area contributed by atoms with Crippen molar-refractivity contribution in [2.24, 2.45) is 0 Å². The molecule has 0 atom stereocenters. The highest BCUT2D eigenvalue weighted by Crippen LogP contribution is 2.34. The number of aromatic nitrogens is 1. The number of benzene rings is 1. The first-order chi connectivity index (χ1) is 9.53. The van der Waals surface area contributed by atoms with Crippen LogP contribution in [0.1, 0.15) is 45.2 Å². The molecular weight excluding hydrogens is 268 g/mol. The lowest BCUT2D eigenvalue weighted by atomic mass is 9.92. The van der Waals surface area contributed by atoms with Gasteiger partial charge in [-0.15, -0.1) is 0 Å². The molecule has 1 aromatic carbocycles. The molecule has 0 N–H and O–H groups in total. The van der Waals surface area contributed by atoms with Crippen molar-refractivity contribution in [3.8, 4) is 0 Å². The first-order valence-electron chi connectivity index (χ1n) is 7.31. The second-order valence-corrected chi connectivity index (χ2v) is 7.28. The number of nitrogens with zero attached hydrogens (tertiary/aromatic N) is 2. The standard InChI is InChI=1S/C16H22N2OS/c1-16(2,3)19-18-10-8-12(9-11-18)15-13-6-4-5-7-14(13)20-17-15/h4-7,12H,8-11H2,1-3H3. The molecule has 0 radical (unpaired) electrons. The number of hydrogen-bond donors (Lipinski definition) is 0. The van der Waals surface area contributed by atoms with Gasteiger partial charge in [0.05, 0.1) is 16.0 Å². The fourth-order valence-corrected chi connectivity index (χ4v) is 3.66.